The molecule has 1 heterocycles. The highest BCUT2D eigenvalue weighted by atomic mass is 15.3. The molecule has 0 amide bonds. The Bertz CT molecular complexity index is 220. The third-order valence-corrected chi connectivity index (χ3v) is 3.80. The minimum atomic E-state index is 0.276. The molecule has 1 saturated carbocycles. The number of hydrogen-bond donors (Lipinski definition) is 1. The zero-order valence-corrected chi connectivity index (χ0v) is 11.3. The molecule has 0 aromatic carbocycles. The predicted molar refractivity (Wildman–Crippen MR) is 68.8 cm³/mol. The van der Waals surface area contributed by atoms with Gasteiger partial charge in [-0.3, -0.25) is 4.90 Å². The fraction of sp³-hybridized carbons (Fsp3) is 1.00. The van der Waals surface area contributed by atoms with Crippen LogP contribution in [0.5, 0.6) is 0 Å². The average Bonchev–Trinajstić information content (AvgIpc) is 2.11. The Morgan fingerprint density at radius 2 is 1.56 bits per heavy atom. The molecule has 2 aliphatic rings. The van der Waals surface area contributed by atoms with Gasteiger partial charge < -0.3 is 10.2 Å². The summed E-state index contributed by atoms with van der Waals surface area (Å²) in [6, 6.07) is 1.61. The molecule has 0 unspecified atom stereocenters. The SMILES string of the molecule is CN1CCN(C2CC(NC(C)(C)C)C2)CC1. The number of hydrogen-bond acceptors (Lipinski definition) is 3. The summed E-state index contributed by atoms with van der Waals surface area (Å²) < 4.78 is 0. The molecule has 1 saturated heterocycles. The number of nitrogens with zero attached hydrogens (tertiary/aromatic N) is 2. The second-order valence-corrected chi connectivity index (χ2v) is 6.56. The first-order valence-electron chi connectivity index (χ1n) is 6.64. The highest BCUT2D eigenvalue weighted by Gasteiger charge is 2.35. The van der Waals surface area contributed by atoms with E-state index in [0.29, 0.717) is 0 Å². The van der Waals surface area contributed by atoms with E-state index in [-0.39, 0.29) is 5.54 Å². The van der Waals surface area contributed by atoms with E-state index in [9.17, 15) is 0 Å². The molecule has 0 aromatic heterocycles. The summed E-state index contributed by atoms with van der Waals surface area (Å²) in [5.74, 6) is 0. The number of nitrogens with one attached hydrogen (secondary N) is 1. The molecule has 0 atom stereocenters. The first-order valence-corrected chi connectivity index (χ1v) is 6.64. The molecule has 1 N–H and O–H groups in total. The second kappa shape index (κ2) is 4.63. The van der Waals surface area contributed by atoms with Crippen molar-refractivity contribution in [3.05, 3.63) is 0 Å². The summed E-state index contributed by atoms with van der Waals surface area (Å²) in [7, 11) is 2.22. The van der Waals surface area contributed by atoms with Crippen molar-refractivity contribution in [3.63, 3.8) is 0 Å². The van der Waals surface area contributed by atoms with Crippen LogP contribution in [0.2, 0.25) is 0 Å². The monoisotopic (exact) mass is 225 g/mol. The van der Waals surface area contributed by atoms with Gasteiger partial charge in [0, 0.05) is 43.8 Å². The largest absolute Gasteiger partial charge is 0.309 e. The van der Waals surface area contributed by atoms with E-state index in [1.807, 2.05) is 0 Å². The third-order valence-electron chi connectivity index (χ3n) is 3.80. The van der Waals surface area contributed by atoms with E-state index in [1.165, 1.54) is 39.0 Å². The lowest BCUT2D eigenvalue weighted by molar-refractivity contribution is 0.0468. The van der Waals surface area contributed by atoms with Crippen LogP contribution < -0.4 is 5.32 Å². The van der Waals surface area contributed by atoms with Gasteiger partial charge in [-0.2, -0.15) is 0 Å². The van der Waals surface area contributed by atoms with Gasteiger partial charge in [0.2, 0.25) is 0 Å². The molecule has 0 radical (unpaired) electrons. The van der Waals surface area contributed by atoms with E-state index in [2.05, 4.69) is 42.9 Å². The molecule has 1 aliphatic heterocycles. The topological polar surface area (TPSA) is 18.5 Å². The molecule has 0 spiro atoms. The van der Waals surface area contributed by atoms with Crippen molar-refractivity contribution in [2.24, 2.45) is 0 Å². The smallest absolute Gasteiger partial charge is 0.0126 e. The first kappa shape index (κ1) is 12.3. The number of rotatable bonds is 2. The van der Waals surface area contributed by atoms with Crippen LogP contribution in [0.3, 0.4) is 0 Å². The lowest BCUT2D eigenvalue weighted by Crippen LogP contribution is -2.59. The summed E-state index contributed by atoms with van der Waals surface area (Å²) in [6.45, 7) is 11.8. The highest BCUT2D eigenvalue weighted by molar-refractivity contribution is 4.95. The van der Waals surface area contributed by atoms with Crippen molar-refractivity contribution in [3.8, 4) is 0 Å². The van der Waals surface area contributed by atoms with Crippen molar-refractivity contribution in [2.45, 2.75) is 51.2 Å². The van der Waals surface area contributed by atoms with Gasteiger partial charge in [-0.25, -0.2) is 0 Å². The third kappa shape index (κ3) is 3.19. The normalized spacial score (nSPS) is 33.8. The molecule has 2 fully saturated rings. The fourth-order valence-electron chi connectivity index (χ4n) is 2.80. The Hall–Kier alpha value is -0.120. The summed E-state index contributed by atoms with van der Waals surface area (Å²) >= 11 is 0. The molecule has 0 bridgehead atoms. The van der Waals surface area contributed by atoms with Gasteiger partial charge in [-0.05, 0) is 40.7 Å². The van der Waals surface area contributed by atoms with Gasteiger partial charge in [0.25, 0.3) is 0 Å². The van der Waals surface area contributed by atoms with Gasteiger partial charge in [0.1, 0.15) is 0 Å². The van der Waals surface area contributed by atoms with Crippen molar-refractivity contribution >= 4 is 0 Å². The lowest BCUT2D eigenvalue weighted by Gasteiger charge is -2.47. The van der Waals surface area contributed by atoms with Gasteiger partial charge in [0.05, 0.1) is 0 Å². The molecule has 94 valence electrons. The summed E-state index contributed by atoms with van der Waals surface area (Å²) in [5.41, 5.74) is 0.276. The van der Waals surface area contributed by atoms with Crippen LogP contribution in [-0.4, -0.2) is 60.6 Å². The van der Waals surface area contributed by atoms with E-state index in [4.69, 9.17) is 0 Å². The standard InChI is InChI=1S/C13H27N3/c1-13(2,3)14-11-9-12(10-11)16-7-5-15(4)6-8-16/h11-12,14H,5-10H2,1-4H3. The van der Waals surface area contributed by atoms with E-state index in [1.54, 1.807) is 0 Å². The fourth-order valence-corrected chi connectivity index (χ4v) is 2.80. The first-order chi connectivity index (χ1) is 7.44. The molecule has 2 rings (SSSR count). The number of piperazine rings is 1. The molecular formula is C13H27N3. The van der Waals surface area contributed by atoms with Crippen molar-refractivity contribution in [2.75, 3.05) is 33.2 Å². The lowest BCUT2D eigenvalue weighted by atomic mass is 9.83. The Balaban J connectivity index is 1.68. The Morgan fingerprint density at radius 3 is 2.06 bits per heavy atom. The van der Waals surface area contributed by atoms with Gasteiger partial charge in [-0.1, -0.05) is 0 Å². The zero-order chi connectivity index (χ0) is 11.8. The van der Waals surface area contributed by atoms with Gasteiger partial charge in [-0.15, -0.1) is 0 Å². The van der Waals surface area contributed by atoms with Crippen molar-refractivity contribution in [1.82, 2.24) is 15.1 Å². The average molecular weight is 225 g/mol. The quantitative estimate of drug-likeness (QED) is 0.760. The summed E-state index contributed by atoms with van der Waals surface area (Å²) in [5, 5.41) is 3.70. The highest BCUT2D eigenvalue weighted by Crippen LogP contribution is 2.27. The molecule has 16 heavy (non-hydrogen) atoms. The number of likely N-dealkylation sites (N-methyl/N-ethyl adjacent to an activating group) is 1. The summed E-state index contributed by atoms with van der Waals surface area (Å²) in [4.78, 5) is 5.11. The maximum Gasteiger partial charge on any atom is 0.0126 e. The molecule has 1 aliphatic carbocycles. The molecular weight excluding hydrogens is 198 g/mol. The van der Waals surface area contributed by atoms with Crippen LogP contribution in [0.15, 0.2) is 0 Å². The van der Waals surface area contributed by atoms with E-state index >= 15 is 0 Å². The van der Waals surface area contributed by atoms with Crippen LogP contribution in [0.1, 0.15) is 33.6 Å². The molecule has 3 heteroatoms. The zero-order valence-electron chi connectivity index (χ0n) is 11.3. The van der Waals surface area contributed by atoms with Crippen LogP contribution in [-0.2, 0) is 0 Å². The predicted octanol–water partition coefficient (Wildman–Crippen LogP) is 1.15. The van der Waals surface area contributed by atoms with Crippen LogP contribution >= 0.6 is 0 Å². The minimum Gasteiger partial charge on any atom is -0.309 e. The van der Waals surface area contributed by atoms with E-state index in [0.717, 1.165) is 12.1 Å². The van der Waals surface area contributed by atoms with Crippen molar-refractivity contribution < 1.29 is 0 Å². The van der Waals surface area contributed by atoms with Crippen LogP contribution in [0, 0.1) is 0 Å². The Morgan fingerprint density at radius 1 is 1.00 bits per heavy atom. The van der Waals surface area contributed by atoms with Gasteiger partial charge in [0.15, 0.2) is 0 Å². The maximum absolute atomic E-state index is 3.70. The van der Waals surface area contributed by atoms with Crippen LogP contribution in [0.4, 0.5) is 0 Å². The van der Waals surface area contributed by atoms with E-state index < -0.39 is 0 Å². The maximum atomic E-state index is 3.70. The molecule has 0 aromatic rings. The summed E-state index contributed by atoms with van der Waals surface area (Å²) in [6.07, 6.45) is 2.70. The van der Waals surface area contributed by atoms with Gasteiger partial charge >= 0.3 is 0 Å². The Labute approximate surface area is 100 Å². The molecule has 3 nitrogen and oxygen atoms in total. The second-order valence-electron chi connectivity index (χ2n) is 6.56. The Kier molecular flexibility index (Phi) is 3.57. The van der Waals surface area contributed by atoms with Crippen LogP contribution in [0.25, 0.3) is 0 Å². The minimum absolute atomic E-state index is 0.276. The van der Waals surface area contributed by atoms with Crippen molar-refractivity contribution in [1.29, 1.82) is 0 Å².